The maximum Gasteiger partial charge on any atom is 0.0586 e. The monoisotopic (exact) mass is 186 g/mol. The van der Waals surface area contributed by atoms with Gasteiger partial charge in [0.2, 0.25) is 0 Å². The average Bonchev–Trinajstić information content (AvgIpc) is 2.21. The lowest BCUT2D eigenvalue weighted by Crippen LogP contribution is -2.49. The van der Waals surface area contributed by atoms with Crippen molar-refractivity contribution in [3.05, 3.63) is 0 Å². The van der Waals surface area contributed by atoms with Crippen LogP contribution in [0.15, 0.2) is 0 Å². The maximum atomic E-state index is 9.17. The molecular formula is C10H22N2O. The van der Waals surface area contributed by atoms with E-state index in [1.54, 1.807) is 0 Å². The van der Waals surface area contributed by atoms with E-state index in [-0.39, 0.29) is 6.61 Å². The predicted octanol–water partition coefficient (Wildman–Crippen LogP) is 0.441. The fourth-order valence-electron chi connectivity index (χ4n) is 2.03. The van der Waals surface area contributed by atoms with Gasteiger partial charge < -0.3 is 10.4 Å². The molecule has 2 atom stereocenters. The molecular weight excluding hydrogens is 164 g/mol. The fraction of sp³-hybridized carbons (Fsp3) is 1.00. The van der Waals surface area contributed by atoms with Crippen LogP contribution in [0.5, 0.6) is 0 Å². The Morgan fingerprint density at radius 1 is 1.62 bits per heavy atom. The maximum absolute atomic E-state index is 9.17. The molecule has 78 valence electrons. The Hall–Kier alpha value is -0.120. The van der Waals surface area contributed by atoms with Gasteiger partial charge in [0.1, 0.15) is 0 Å². The molecule has 1 rings (SSSR count). The van der Waals surface area contributed by atoms with Crippen molar-refractivity contribution < 1.29 is 5.11 Å². The van der Waals surface area contributed by atoms with Crippen LogP contribution < -0.4 is 5.32 Å². The molecule has 0 aromatic heterocycles. The molecule has 0 spiro atoms. The number of likely N-dealkylation sites (N-methyl/N-ethyl adjacent to an activating group) is 1. The predicted molar refractivity (Wildman–Crippen MR) is 54.8 cm³/mol. The summed E-state index contributed by atoms with van der Waals surface area (Å²) in [5, 5.41) is 12.6. The van der Waals surface area contributed by atoms with Gasteiger partial charge in [-0.15, -0.1) is 0 Å². The highest BCUT2D eigenvalue weighted by atomic mass is 16.3. The molecule has 0 amide bonds. The molecule has 0 radical (unpaired) electrons. The first kappa shape index (κ1) is 11.0. The number of piperidine rings is 1. The molecule has 0 aromatic carbocycles. The smallest absolute Gasteiger partial charge is 0.0586 e. The van der Waals surface area contributed by atoms with Gasteiger partial charge in [-0.05, 0) is 32.9 Å². The lowest BCUT2D eigenvalue weighted by Gasteiger charge is -2.36. The second-order valence-electron chi connectivity index (χ2n) is 3.91. The highest BCUT2D eigenvalue weighted by molar-refractivity contribution is 4.80. The molecule has 1 fully saturated rings. The van der Waals surface area contributed by atoms with Gasteiger partial charge in [-0.2, -0.15) is 0 Å². The van der Waals surface area contributed by atoms with Crippen LogP contribution in [0.2, 0.25) is 0 Å². The van der Waals surface area contributed by atoms with Crippen molar-refractivity contribution in [3.63, 3.8) is 0 Å². The minimum atomic E-state index is 0.281. The second-order valence-corrected chi connectivity index (χ2v) is 3.91. The fourth-order valence-corrected chi connectivity index (χ4v) is 2.03. The number of nitrogens with zero attached hydrogens (tertiary/aromatic N) is 1. The molecule has 2 N–H and O–H groups in total. The van der Waals surface area contributed by atoms with Crippen LogP contribution in [0.1, 0.15) is 26.2 Å². The summed E-state index contributed by atoms with van der Waals surface area (Å²) in [4.78, 5) is 2.33. The van der Waals surface area contributed by atoms with Crippen molar-refractivity contribution in [3.8, 4) is 0 Å². The molecule has 1 aliphatic rings. The second kappa shape index (κ2) is 5.58. The lowest BCUT2D eigenvalue weighted by molar-refractivity contribution is 0.0928. The zero-order valence-corrected chi connectivity index (χ0v) is 8.79. The summed E-state index contributed by atoms with van der Waals surface area (Å²) in [6.45, 7) is 4.64. The minimum absolute atomic E-state index is 0.281. The summed E-state index contributed by atoms with van der Waals surface area (Å²) in [6, 6.07) is 0.954. The van der Waals surface area contributed by atoms with Crippen LogP contribution in [-0.4, -0.2) is 48.8 Å². The standard InChI is InChI=1S/C10H22N2O/c1-3-9(8-13)12(2)10-5-4-6-11-7-10/h9-11,13H,3-8H2,1-2H3. The summed E-state index contributed by atoms with van der Waals surface area (Å²) in [5.74, 6) is 0. The zero-order valence-electron chi connectivity index (χ0n) is 8.79. The Balaban J connectivity index is 2.38. The van der Waals surface area contributed by atoms with Crippen molar-refractivity contribution in [2.45, 2.75) is 38.3 Å². The van der Waals surface area contributed by atoms with Crippen molar-refractivity contribution in [2.75, 3.05) is 26.7 Å². The van der Waals surface area contributed by atoms with Crippen molar-refractivity contribution >= 4 is 0 Å². The average molecular weight is 186 g/mol. The summed E-state index contributed by atoms with van der Waals surface area (Å²) in [6.07, 6.45) is 3.56. The van der Waals surface area contributed by atoms with Gasteiger partial charge in [-0.1, -0.05) is 6.92 Å². The highest BCUT2D eigenvalue weighted by Gasteiger charge is 2.22. The first-order valence-electron chi connectivity index (χ1n) is 5.33. The number of aliphatic hydroxyl groups is 1. The largest absolute Gasteiger partial charge is 0.395 e. The van der Waals surface area contributed by atoms with E-state index in [0.29, 0.717) is 12.1 Å². The van der Waals surface area contributed by atoms with Gasteiger partial charge in [-0.3, -0.25) is 4.90 Å². The first-order chi connectivity index (χ1) is 6.29. The van der Waals surface area contributed by atoms with Crippen molar-refractivity contribution in [2.24, 2.45) is 0 Å². The Bertz CT molecular complexity index is 131. The Labute approximate surface area is 81.1 Å². The molecule has 0 aromatic rings. The normalized spacial score (nSPS) is 26.3. The molecule has 0 aliphatic carbocycles. The number of hydrogen-bond acceptors (Lipinski definition) is 3. The van der Waals surface area contributed by atoms with Crippen molar-refractivity contribution in [1.29, 1.82) is 0 Å². The highest BCUT2D eigenvalue weighted by Crippen LogP contribution is 2.12. The summed E-state index contributed by atoms with van der Waals surface area (Å²) in [5.41, 5.74) is 0. The van der Waals surface area contributed by atoms with Crippen LogP contribution in [0.4, 0.5) is 0 Å². The van der Waals surface area contributed by atoms with E-state index in [2.05, 4.69) is 24.2 Å². The van der Waals surface area contributed by atoms with E-state index in [1.165, 1.54) is 12.8 Å². The first-order valence-corrected chi connectivity index (χ1v) is 5.33. The molecule has 0 saturated carbocycles. The molecule has 13 heavy (non-hydrogen) atoms. The van der Waals surface area contributed by atoms with E-state index in [1.807, 2.05) is 0 Å². The van der Waals surface area contributed by atoms with Crippen LogP contribution in [-0.2, 0) is 0 Å². The zero-order chi connectivity index (χ0) is 9.68. The van der Waals surface area contributed by atoms with E-state index >= 15 is 0 Å². The van der Waals surface area contributed by atoms with E-state index in [4.69, 9.17) is 5.11 Å². The van der Waals surface area contributed by atoms with Gasteiger partial charge >= 0.3 is 0 Å². The van der Waals surface area contributed by atoms with Crippen LogP contribution in [0, 0.1) is 0 Å². The molecule has 1 saturated heterocycles. The van der Waals surface area contributed by atoms with E-state index in [0.717, 1.165) is 19.5 Å². The summed E-state index contributed by atoms with van der Waals surface area (Å²) >= 11 is 0. The SMILES string of the molecule is CCC(CO)N(C)C1CCCNC1. The van der Waals surface area contributed by atoms with Crippen LogP contribution >= 0.6 is 0 Å². The molecule has 2 unspecified atom stereocenters. The quantitative estimate of drug-likeness (QED) is 0.669. The Kier molecular flexibility index (Phi) is 4.70. The molecule has 3 heteroatoms. The molecule has 1 heterocycles. The molecule has 0 bridgehead atoms. The van der Waals surface area contributed by atoms with Gasteiger partial charge in [0, 0.05) is 18.6 Å². The summed E-state index contributed by atoms with van der Waals surface area (Å²) < 4.78 is 0. The molecule has 3 nitrogen and oxygen atoms in total. The lowest BCUT2D eigenvalue weighted by atomic mass is 10.0. The van der Waals surface area contributed by atoms with Gasteiger partial charge in [0.15, 0.2) is 0 Å². The van der Waals surface area contributed by atoms with E-state index in [9.17, 15) is 0 Å². The minimum Gasteiger partial charge on any atom is -0.395 e. The third kappa shape index (κ3) is 2.93. The number of aliphatic hydroxyl groups excluding tert-OH is 1. The van der Waals surface area contributed by atoms with E-state index < -0.39 is 0 Å². The van der Waals surface area contributed by atoms with Gasteiger partial charge in [-0.25, -0.2) is 0 Å². The number of hydrogen-bond donors (Lipinski definition) is 2. The summed E-state index contributed by atoms with van der Waals surface area (Å²) in [7, 11) is 2.13. The van der Waals surface area contributed by atoms with Gasteiger partial charge in [0.25, 0.3) is 0 Å². The third-order valence-electron chi connectivity index (χ3n) is 3.10. The Morgan fingerprint density at radius 3 is 2.85 bits per heavy atom. The van der Waals surface area contributed by atoms with Gasteiger partial charge in [0.05, 0.1) is 6.61 Å². The Morgan fingerprint density at radius 2 is 2.38 bits per heavy atom. The number of nitrogens with one attached hydrogen (secondary N) is 1. The topological polar surface area (TPSA) is 35.5 Å². The molecule has 1 aliphatic heterocycles. The number of rotatable bonds is 4. The third-order valence-corrected chi connectivity index (χ3v) is 3.10. The van der Waals surface area contributed by atoms with Crippen LogP contribution in [0.25, 0.3) is 0 Å². The van der Waals surface area contributed by atoms with Crippen molar-refractivity contribution in [1.82, 2.24) is 10.2 Å². The van der Waals surface area contributed by atoms with Crippen LogP contribution in [0.3, 0.4) is 0 Å².